The SMILES string of the molecule is Cn1ccc(CNC(=O)c2c(F)cc(Br)cc2F)n1. The third kappa shape index (κ3) is 3.17. The lowest BCUT2D eigenvalue weighted by molar-refractivity contribution is 0.0942. The molecule has 0 atom stereocenters. The fraction of sp³-hybridized carbons (Fsp3) is 0.167. The quantitative estimate of drug-likeness (QED) is 0.939. The molecule has 100 valence electrons. The number of benzene rings is 1. The lowest BCUT2D eigenvalue weighted by Crippen LogP contribution is -2.25. The lowest BCUT2D eigenvalue weighted by Gasteiger charge is -2.06. The Hall–Kier alpha value is -1.76. The average Bonchev–Trinajstić information content (AvgIpc) is 2.71. The largest absolute Gasteiger partial charge is 0.346 e. The van der Waals surface area contributed by atoms with Crippen LogP contribution in [0.15, 0.2) is 28.9 Å². The summed E-state index contributed by atoms with van der Waals surface area (Å²) in [5.41, 5.74) is 0.00732. The van der Waals surface area contributed by atoms with E-state index in [9.17, 15) is 13.6 Å². The van der Waals surface area contributed by atoms with Crippen LogP contribution >= 0.6 is 15.9 Å². The number of nitrogens with zero attached hydrogens (tertiary/aromatic N) is 2. The Bertz CT molecular complexity index is 604. The first-order chi connectivity index (χ1) is 8.97. The monoisotopic (exact) mass is 329 g/mol. The van der Waals surface area contributed by atoms with Gasteiger partial charge in [-0.2, -0.15) is 5.10 Å². The summed E-state index contributed by atoms with van der Waals surface area (Å²) in [6, 6.07) is 3.78. The third-order valence-corrected chi connectivity index (χ3v) is 2.89. The van der Waals surface area contributed by atoms with Gasteiger partial charge in [0.15, 0.2) is 0 Å². The Kier molecular flexibility index (Phi) is 3.94. The molecule has 1 aromatic heterocycles. The summed E-state index contributed by atoms with van der Waals surface area (Å²) < 4.78 is 28.9. The van der Waals surface area contributed by atoms with Crippen molar-refractivity contribution in [3.05, 3.63) is 51.8 Å². The molecule has 2 aromatic rings. The number of carbonyl (C=O) groups is 1. The molecule has 2 rings (SSSR count). The number of halogens is 3. The highest BCUT2D eigenvalue weighted by molar-refractivity contribution is 9.10. The second-order valence-electron chi connectivity index (χ2n) is 3.91. The van der Waals surface area contributed by atoms with Gasteiger partial charge in [-0.05, 0) is 18.2 Å². The molecule has 1 aromatic carbocycles. The molecule has 7 heteroatoms. The van der Waals surface area contributed by atoms with Crippen LogP contribution < -0.4 is 5.32 Å². The van der Waals surface area contributed by atoms with E-state index in [-0.39, 0.29) is 11.0 Å². The Morgan fingerprint density at radius 2 is 2.05 bits per heavy atom. The molecule has 0 saturated carbocycles. The number of aromatic nitrogens is 2. The fourth-order valence-corrected chi connectivity index (χ4v) is 1.98. The summed E-state index contributed by atoms with van der Waals surface area (Å²) in [6.45, 7) is 0.106. The maximum Gasteiger partial charge on any atom is 0.257 e. The van der Waals surface area contributed by atoms with Crippen LogP contribution in [0.25, 0.3) is 0 Å². The van der Waals surface area contributed by atoms with Crippen LogP contribution in [0.5, 0.6) is 0 Å². The smallest absolute Gasteiger partial charge is 0.257 e. The number of carbonyl (C=O) groups excluding carboxylic acids is 1. The Morgan fingerprint density at radius 1 is 1.42 bits per heavy atom. The molecule has 0 aliphatic heterocycles. The van der Waals surface area contributed by atoms with Crippen LogP contribution in [0.1, 0.15) is 16.1 Å². The minimum Gasteiger partial charge on any atom is -0.346 e. The molecule has 0 radical (unpaired) electrons. The van der Waals surface area contributed by atoms with Gasteiger partial charge in [0.25, 0.3) is 5.91 Å². The number of nitrogens with one attached hydrogen (secondary N) is 1. The van der Waals surface area contributed by atoms with E-state index in [1.807, 2.05) is 0 Å². The summed E-state index contributed by atoms with van der Waals surface area (Å²) in [6.07, 6.45) is 1.71. The van der Waals surface area contributed by atoms with Gasteiger partial charge in [-0.15, -0.1) is 0 Å². The molecule has 0 bridgehead atoms. The van der Waals surface area contributed by atoms with E-state index in [0.717, 1.165) is 12.1 Å². The number of amides is 1. The molecule has 1 amide bonds. The third-order valence-electron chi connectivity index (χ3n) is 2.43. The summed E-state index contributed by atoms with van der Waals surface area (Å²) >= 11 is 2.95. The molecule has 0 spiro atoms. The van der Waals surface area contributed by atoms with E-state index in [2.05, 4.69) is 26.3 Å². The molecule has 19 heavy (non-hydrogen) atoms. The van der Waals surface area contributed by atoms with Crippen molar-refractivity contribution in [2.24, 2.45) is 7.05 Å². The predicted octanol–water partition coefficient (Wildman–Crippen LogP) is 2.39. The molecule has 1 N–H and O–H groups in total. The zero-order valence-electron chi connectivity index (χ0n) is 9.95. The first-order valence-corrected chi connectivity index (χ1v) is 6.18. The molecule has 0 aliphatic rings. The number of rotatable bonds is 3. The first kappa shape index (κ1) is 13.7. The van der Waals surface area contributed by atoms with E-state index in [4.69, 9.17) is 0 Å². The molecule has 0 aliphatic carbocycles. The molecule has 4 nitrogen and oxygen atoms in total. The maximum absolute atomic E-state index is 13.5. The van der Waals surface area contributed by atoms with Gasteiger partial charge >= 0.3 is 0 Å². The van der Waals surface area contributed by atoms with Crippen molar-refractivity contribution in [2.45, 2.75) is 6.54 Å². The Morgan fingerprint density at radius 3 is 2.58 bits per heavy atom. The average molecular weight is 330 g/mol. The van der Waals surface area contributed by atoms with Crippen LogP contribution in [-0.4, -0.2) is 15.7 Å². The van der Waals surface area contributed by atoms with Gasteiger partial charge in [-0.3, -0.25) is 9.48 Å². The van der Waals surface area contributed by atoms with Crippen LogP contribution in [0, 0.1) is 11.6 Å². The minimum absolute atomic E-state index is 0.106. The van der Waals surface area contributed by atoms with Crippen molar-refractivity contribution in [3.63, 3.8) is 0 Å². The van der Waals surface area contributed by atoms with Gasteiger partial charge < -0.3 is 5.32 Å². The van der Waals surface area contributed by atoms with E-state index in [1.165, 1.54) is 0 Å². The second-order valence-corrected chi connectivity index (χ2v) is 4.82. The summed E-state index contributed by atoms with van der Waals surface area (Å²) in [4.78, 5) is 11.7. The second kappa shape index (κ2) is 5.48. The van der Waals surface area contributed by atoms with Gasteiger partial charge in [0.2, 0.25) is 0 Å². The number of hydrogen-bond acceptors (Lipinski definition) is 2. The Balaban J connectivity index is 2.12. The van der Waals surface area contributed by atoms with Gasteiger partial charge in [0, 0.05) is 17.7 Å². The number of aryl methyl sites for hydroxylation is 1. The van der Waals surface area contributed by atoms with Crippen LogP contribution in [0.4, 0.5) is 8.78 Å². The van der Waals surface area contributed by atoms with E-state index in [1.54, 1.807) is 24.0 Å². The van der Waals surface area contributed by atoms with Gasteiger partial charge in [0.05, 0.1) is 12.2 Å². The summed E-state index contributed by atoms with van der Waals surface area (Å²) in [5.74, 6) is -2.64. The molecule has 0 fully saturated rings. The minimum atomic E-state index is -0.912. The van der Waals surface area contributed by atoms with Crippen molar-refractivity contribution in [1.82, 2.24) is 15.1 Å². The van der Waals surface area contributed by atoms with Crippen LogP contribution in [0.3, 0.4) is 0 Å². The lowest BCUT2D eigenvalue weighted by atomic mass is 10.2. The highest BCUT2D eigenvalue weighted by atomic mass is 79.9. The summed E-state index contributed by atoms with van der Waals surface area (Å²) in [5, 5.41) is 6.46. The van der Waals surface area contributed by atoms with Crippen molar-refractivity contribution >= 4 is 21.8 Å². The van der Waals surface area contributed by atoms with Gasteiger partial charge in [-0.1, -0.05) is 15.9 Å². The van der Waals surface area contributed by atoms with E-state index in [0.29, 0.717) is 5.69 Å². The fourth-order valence-electron chi connectivity index (χ4n) is 1.58. The predicted molar refractivity (Wildman–Crippen MR) is 68.4 cm³/mol. The maximum atomic E-state index is 13.5. The Labute approximate surface area is 116 Å². The normalized spacial score (nSPS) is 10.5. The van der Waals surface area contributed by atoms with Gasteiger partial charge in [0.1, 0.15) is 17.2 Å². The summed E-state index contributed by atoms with van der Waals surface area (Å²) in [7, 11) is 1.74. The van der Waals surface area contributed by atoms with Crippen molar-refractivity contribution in [3.8, 4) is 0 Å². The zero-order valence-corrected chi connectivity index (χ0v) is 11.5. The van der Waals surface area contributed by atoms with E-state index < -0.39 is 23.1 Å². The molecule has 1 heterocycles. The van der Waals surface area contributed by atoms with Crippen molar-refractivity contribution in [1.29, 1.82) is 0 Å². The molecular formula is C12H10BrF2N3O. The van der Waals surface area contributed by atoms with Crippen LogP contribution in [-0.2, 0) is 13.6 Å². The molecule has 0 unspecified atom stereocenters. The standard InChI is InChI=1S/C12H10BrF2N3O/c1-18-3-2-8(17-18)6-16-12(19)11-9(14)4-7(13)5-10(11)15/h2-5H,6H2,1H3,(H,16,19). The molecular weight excluding hydrogens is 320 g/mol. The van der Waals surface area contributed by atoms with E-state index >= 15 is 0 Å². The highest BCUT2D eigenvalue weighted by Gasteiger charge is 2.18. The van der Waals surface area contributed by atoms with Gasteiger partial charge in [-0.25, -0.2) is 8.78 Å². The van der Waals surface area contributed by atoms with Crippen molar-refractivity contribution in [2.75, 3.05) is 0 Å². The highest BCUT2D eigenvalue weighted by Crippen LogP contribution is 2.19. The van der Waals surface area contributed by atoms with Crippen molar-refractivity contribution < 1.29 is 13.6 Å². The number of hydrogen-bond donors (Lipinski definition) is 1. The zero-order chi connectivity index (χ0) is 14.0. The topological polar surface area (TPSA) is 46.9 Å². The van der Waals surface area contributed by atoms with Crippen LogP contribution in [0.2, 0.25) is 0 Å². The first-order valence-electron chi connectivity index (χ1n) is 5.38. The molecule has 0 saturated heterocycles.